The van der Waals surface area contributed by atoms with Crippen LogP contribution in [-0.4, -0.2) is 6.04 Å². The summed E-state index contributed by atoms with van der Waals surface area (Å²) in [6.07, 6.45) is 6.70. The fraction of sp³-hybridized carbons (Fsp3) is 0.600. The third-order valence-electron chi connectivity index (χ3n) is 4.79. The van der Waals surface area contributed by atoms with Gasteiger partial charge in [0.2, 0.25) is 0 Å². The summed E-state index contributed by atoms with van der Waals surface area (Å²) in [5.74, 6) is 2.68. The molecule has 2 aliphatic carbocycles. The van der Waals surface area contributed by atoms with Gasteiger partial charge in [-0.25, -0.2) is 0 Å². The molecule has 2 heteroatoms. The maximum atomic E-state index is 6.40. The lowest BCUT2D eigenvalue weighted by Crippen LogP contribution is -2.35. The van der Waals surface area contributed by atoms with E-state index < -0.39 is 0 Å². The zero-order valence-electron chi connectivity index (χ0n) is 10.3. The molecule has 2 nitrogen and oxygen atoms in total. The average molecular weight is 230 g/mol. The molecule has 3 rings (SSSR count). The lowest BCUT2D eigenvalue weighted by Gasteiger charge is -2.27. The van der Waals surface area contributed by atoms with Crippen LogP contribution in [0.1, 0.15) is 31.2 Å². The molecule has 2 fully saturated rings. The number of fused-ring (bicyclic) bond motifs is 2. The predicted octanol–water partition coefficient (Wildman–Crippen LogP) is 2.57. The predicted molar refractivity (Wildman–Crippen MR) is 71.5 cm³/mol. The molecular weight excluding hydrogens is 208 g/mol. The molecule has 0 radical (unpaired) electrons. The maximum Gasteiger partial charge on any atom is 0.0314 e. The van der Waals surface area contributed by atoms with Gasteiger partial charge in [-0.1, -0.05) is 18.6 Å². The highest BCUT2D eigenvalue weighted by molar-refractivity contribution is 5.39. The Morgan fingerprint density at radius 2 is 1.88 bits per heavy atom. The Morgan fingerprint density at radius 3 is 2.47 bits per heavy atom. The Balaban J connectivity index is 1.63. The molecular formula is C15H22N2. The Bertz CT molecular complexity index is 384. The summed E-state index contributed by atoms with van der Waals surface area (Å²) in [7, 11) is 0. The van der Waals surface area contributed by atoms with E-state index in [1.807, 2.05) is 12.1 Å². The summed E-state index contributed by atoms with van der Waals surface area (Å²) in [6, 6.07) is 8.52. The molecule has 1 aromatic carbocycles. The smallest absolute Gasteiger partial charge is 0.0314 e. The number of hydrogen-bond acceptors (Lipinski definition) is 2. The number of rotatable bonds is 3. The van der Waals surface area contributed by atoms with E-state index >= 15 is 0 Å². The molecule has 2 saturated carbocycles. The minimum absolute atomic E-state index is 0.342. The zero-order chi connectivity index (χ0) is 11.8. The van der Waals surface area contributed by atoms with Gasteiger partial charge in [0.15, 0.2) is 0 Å². The first-order valence-corrected chi connectivity index (χ1v) is 6.82. The average Bonchev–Trinajstić information content (AvgIpc) is 2.94. The van der Waals surface area contributed by atoms with E-state index in [0.29, 0.717) is 6.04 Å². The number of nitrogen functional groups attached to an aromatic ring is 1. The molecule has 0 aromatic heterocycles. The van der Waals surface area contributed by atoms with Gasteiger partial charge in [0.1, 0.15) is 0 Å². The highest BCUT2D eigenvalue weighted by atomic mass is 14.7. The van der Waals surface area contributed by atoms with Crippen LogP contribution in [0.2, 0.25) is 0 Å². The normalized spacial score (nSPS) is 32.9. The van der Waals surface area contributed by atoms with Crippen molar-refractivity contribution in [2.75, 3.05) is 5.73 Å². The Labute approximate surface area is 103 Å². The standard InChI is InChI=1S/C15H22N2/c16-13-5-2-10(3-6-13)9-15(17)14-8-11-1-4-12(14)7-11/h2-3,5-6,11-12,14-15H,1,4,7-9,16-17H2/t11?,12?,14-,15?/m0/s1. The fourth-order valence-corrected chi connectivity index (χ4v) is 3.90. The molecule has 2 aliphatic rings. The van der Waals surface area contributed by atoms with Crippen molar-refractivity contribution in [2.45, 2.75) is 38.1 Å². The van der Waals surface area contributed by atoms with E-state index in [2.05, 4.69) is 12.1 Å². The monoisotopic (exact) mass is 230 g/mol. The third-order valence-corrected chi connectivity index (χ3v) is 4.79. The number of hydrogen-bond donors (Lipinski definition) is 2. The Hall–Kier alpha value is -1.02. The van der Waals surface area contributed by atoms with Gasteiger partial charge in [-0.15, -0.1) is 0 Å². The quantitative estimate of drug-likeness (QED) is 0.784. The summed E-state index contributed by atoms with van der Waals surface area (Å²) in [4.78, 5) is 0. The lowest BCUT2D eigenvalue weighted by molar-refractivity contribution is 0.280. The Kier molecular flexibility index (Phi) is 2.83. The van der Waals surface area contributed by atoms with E-state index in [-0.39, 0.29) is 0 Å². The van der Waals surface area contributed by atoms with E-state index in [1.165, 1.54) is 31.2 Å². The fourth-order valence-electron chi connectivity index (χ4n) is 3.90. The second kappa shape index (κ2) is 4.34. The van der Waals surface area contributed by atoms with Crippen molar-refractivity contribution in [3.63, 3.8) is 0 Å². The van der Waals surface area contributed by atoms with Crippen LogP contribution in [0.4, 0.5) is 5.69 Å². The van der Waals surface area contributed by atoms with Crippen LogP contribution in [0.25, 0.3) is 0 Å². The topological polar surface area (TPSA) is 52.0 Å². The van der Waals surface area contributed by atoms with Crippen LogP contribution >= 0.6 is 0 Å². The van der Waals surface area contributed by atoms with Gasteiger partial charge in [0.25, 0.3) is 0 Å². The van der Waals surface area contributed by atoms with Crippen LogP contribution in [0.5, 0.6) is 0 Å². The molecule has 0 saturated heterocycles. The third kappa shape index (κ3) is 2.19. The first kappa shape index (κ1) is 11.1. The second-order valence-electron chi connectivity index (χ2n) is 5.95. The number of nitrogens with two attached hydrogens (primary N) is 2. The summed E-state index contributed by atoms with van der Waals surface area (Å²) in [5.41, 5.74) is 14.3. The SMILES string of the molecule is Nc1ccc(CC(N)[C@H]2CC3CCC2C3)cc1. The molecule has 1 aromatic rings. The van der Waals surface area contributed by atoms with Crippen molar-refractivity contribution < 1.29 is 0 Å². The van der Waals surface area contributed by atoms with Crippen molar-refractivity contribution in [1.29, 1.82) is 0 Å². The molecule has 2 bridgehead atoms. The van der Waals surface area contributed by atoms with E-state index in [0.717, 1.165) is 29.9 Å². The van der Waals surface area contributed by atoms with Crippen molar-refractivity contribution in [3.8, 4) is 0 Å². The van der Waals surface area contributed by atoms with Crippen LogP contribution in [0, 0.1) is 17.8 Å². The summed E-state index contributed by atoms with van der Waals surface area (Å²) in [6.45, 7) is 0. The molecule has 4 atom stereocenters. The second-order valence-corrected chi connectivity index (χ2v) is 5.95. The van der Waals surface area contributed by atoms with Gasteiger partial charge < -0.3 is 11.5 Å². The van der Waals surface area contributed by atoms with Gasteiger partial charge >= 0.3 is 0 Å². The van der Waals surface area contributed by atoms with Crippen LogP contribution in [0.3, 0.4) is 0 Å². The summed E-state index contributed by atoms with van der Waals surface area (Å²) in [5, 5.41) is 0. The van der Waals surface area contributed by atoms with Gasteiger partial charge in [-0.2, -0.15) is 0 Å². The minimum Gasteiger partial charge on any atom is -0.399 e. The largest absolute Gasteiger partial charge is 0.399 e. The van der Waals surface area contributed by atoms with Crippen LogP contribution < -0.4 is 11.5 Å². The molecule has 4 N–H and O–H groups in total. The highest BCUT2D eigenvalue weighted by Gasteiger charge is 2.41. The minimum atomic E-state index is 0.342. The molecule has 0 amide bonds. The first-order valence-electron chi connectivity index (χ1n) is 6.82. The first-order chi connectivity index (χ1) is 8.22. The number of anilines is 1. The number of benzene rings is 1. The van der Waals surface area contributed by atoms with Crippen LogP contribution in [-0.2, 0) is 6.42 Å². The van der Waals surface area contributed by atoms with Crippen molar-refractivity contribution in [1.82, 2.24) is 0 Å². The van der Waals surface area contributed by atoms with E-state index in [9.17, 15) is 0 Å². The summed E-state index contributed by atoms with van der Waals surface area (Å²) < 4.78 is 0. The lowest BCUT2D eigenvalue weighted by atomic mass is 9.81. The molecule has 3 unspecified atom stereocenters. The highest BCUT2D eigenvalue weighted by Crippen LogP contribution is 2.49. The molecule has 0 aliphatic heterocycles. The van der Waals surface area contributed by atoms with Crippen LogP contribution in [0.15, 0.2) is 24.3 Å². The van der Waals surface area contributed by atoms with Crippen molar-refractivity contribution in [2.24, 2.45) is 23.5 Å². The van der Waals surface area contributed by atoms with E-state index in [4.69, 9.17) is 11.5 Å². The maximum absolute atomic E-state index is 6.40. The van der Waals surface area contributed by atoms with Crippen molar-refractivity contribution >= 4 is 5.69 Å². The zero-order valence-corrected chi connectivity index (χ0v) is 10.3. The van der Waals surface area contributed by atoms with Crippen molar-refractivity contribution in [3.05, 3.63) is 29.8 Å². The molecule has 92 valence electrons. The Morgan fingerprint density at radius 1 is 1.12 bits per heavy atom. The summed E-state index contributed by atoms with van der Waals surface area (Å²) >= 11 is 0. The van der Waals surface area contributed by atoms with E-state index in [1.54, 1.807) is 0 Å². The molecule has 17 heavy (non-hydrogen) atoms. The molecule has 0 heterocycles. The van der Waals surface area contributed by atoms with Gasteiger partial charge in [0.05, 0.1) is 0 Å². The van der Waals surface area contributed by atoms with Gasteiger partial charge in [0, 0.05) is 11.7 Å². The van der Waals surface area contributed by atoms with Gasteiger partial charge in [-0.3, -0.25) is 0 Å². The molecule has 0 spiro atoms. The van der Waals surface area contributed by atoms with Gasteiger partial charge in [-0.05, 0) is 61.1 Å².